The van der Waals surface area contributed by atoms with Crippen LogP contribution in [-0.4, -0.2) is 84.5 Å². The third-order valence-corrected chi connectivity index (χ3v) is 9.33. The number of fused-ring (bicyclic) bond motifs is 1. The van der Waals surface area contributed by atoms with Gasteiger partial charge in [0.25, 0.3) is 5.91 Å². The summed E-state index contributed by atoms with van der Waals surface area (Å²) in [6.45, 7) is 8.16. The van der Waals surface area contributed by atoms with E-state index >= 15 is 0 Å². The maximum atomic E-state index is 13.5. The second-order valence-corrected chi connectivity index (χ2v) is 12.0. The van der Waals surface area contributed by atoms with E-state index in [2.05, 4.69) is 15.3 Å². The number of sulfonamides is 1. The van der Waals surface area contributed by atoms with E-state index in [1.54, 1.807) is 22.7 Å². The third kappa shape index (κ3) is 5.14. The minimum absolute atomic E-state index is 0.0829. The predicted molar refractivity (Wildman–Crippen MR) is 145 cm³/mol. The van der Waals surface area contributed by atoms with E-state index in [1.807, 2.05) is 19.9 Å². The second kappa shape index (κ2) is 11.0. The van der Waals surface area contributed by atoms with Gasteiger partial charge in [-0.1, -0.05) is 12.5 Å². The lowest BCUT2D eigenvalue weighted by Crippen LogP contribution is -2.37. The molecule has 0 radical (unpaired) electrons. The molecule has 2 saturated heterocycles. The van der Waals surface area contributed by atoms with Gasteiger partial charge >= 0.3 is 0 Å². The first kappa shape index (κ1) is 26.6. The molecule has 0 unspecified atom stereocenters. The van der Waals surface area contributed by atoms with Crippen molar-refractivity contribution in [3.05, 3.63) is 41.3 Å². The zero-order valence-corrected chi connectivity index (χ0v) is 23.2. The summed E-state index contributed by atoms with van der Waals surface area (Å²) in [5.74, 6) is -0.0377. The van der Waals surface area contributed by atoms with Crippen LogP contribution < -0.4 is 10.1 Å². The summed E-state index contributed by atoms with van der Waals surface area (Å²) >= 11 is 0. The summed E-state index contributed by atoms with van der Waals surface area (Å²) in [6.07, 6.45) is 5.31. The van der Waals surface area contributed by atoms with Crippen molar-refractivity contribution < 1.29 is 17.9 Å². The lowest BCUT2D eigenvalue weighted by atomic mass is 10.0. The summed E-state index contributed by atoms with van der Waals surface area (Å²) in [4.78, 5) is 20.6. The number of hydrogen-bond donors (Lipinski definition) is 1. The molecular formula is C27H36N6O4S. The number of amides is 1. The van der Waals surface area contributed by atoms with E-state index in [1.165, 1.54) is 30.7 Å². The number of hydrogen-bond acceptors (Lipinski definition) is 7. The number of methoxy groups -OCH3 is 1. The van der Waals surface area contributed by atoms with Gasteiger partial charge in [-0.05, 0) is 76.4 Å². The van der Waals surface area contributed by atoms with Gasteiger partial charge in [0.15, 0.2) is 11.3 Å². The summed E-state index contributed by atoms with van der Waals surface area (Å²) < 4.78 is 35.7. The molecule has 0 spiro atoms. The van der Waals surface area contributed by atoms with Gasteiger partial charge in [-0.3, -0.25) is 4.79 Å². The summed E-state index contributed by atoms with van der Waals surface area (Å²) in [5, 5.41) is 7.67. The van der Waals surface area contributed by atoms with Crippen molar-refractivity contribution in [3.8, 4) is 16.9 Å². The maximum Gasteiger partial charge on any atom is 0.272 e. The maximum absolute atomic E-state index is 13.5. The third-order valence-electron chi connectivity index (χ3n) is 7.41. The van der Waals surface area contributed by atoms with Crippen LogP contribution in [0.3, 0.4) is 0 Å². The first-order chi connectivity index (χ1) is 18.3. The van der Waals surface area contributed by atoms with Crippen molar-refractivity contribution in [1.82, 2.24) is 29.1 Å². The Labute approximate surface area is 224 Å². The largest absolute Gasteiger partial charge is 0.495 e. The van der Waals surface area contributed by atoms with Crippen LogP contribution in [-0.2, 0) is 10.0 Å². The molecule has 38 heavy (non-hydrogen) atoms. The van der Waals surface area contributed by atoms with Gasteiger partial charge in [-0.25, -0.2) is 17.9 Å². The van der Waals surface area contributed by atoms with Crippen LogP contribution in [0.5, 0.6) is 5.75 Å². The summed E-state index contributed by atoms with van der Waals surface area (Å²) in [5.41, 5.74) is 3.41. The normalized spacial score (nSPS) is 17.2. The van der Waals surface area contributed by atoms with E-state index in [0.29, 0.717) is 36.4 Å². The molecular weight excluding hydrogens is 504 g/mol. The van der Waals surface area contributed by atoms with Crippen LogP contribution >= 0.6 is 0 Å². The minimum atomic E-state index is -3.77. The van der Waals surface area contributed by atoms with Gasteiger partial charge < -0.3 is 15.0 Å². The molecule has 1 aromatic carbocycles. The summed E-state index contributed by atoms with van der Waals surface area (Å²) in [6, 6.07) is 6.90. The highest BCUT2D eigenvalue weighted by atomic mass is 32.2. The van der Waals surface area contributed by atoms with E-state index in [0.717, 1.165) is 43.9 Å². The van der Waals surface area contributed by atoms with Crippen LogP contribution in [0.1, 0.15) is 54.0 Å². The second-order valence-electron chi connectivity index (χ2n) is 10.1. The number of likely N-dealkylation sites (tertiary alicyclic amines) is 1. The van der Waals surface area contributed by atoms with E-state index in [-0.39, 0.29) is 22.2 Å². The molecule has 1 amide bonds. The van der Waals surface area contributed by atoms with Gasteiger partial charge in [-0.15, -0.1) is 0 Å². The number of carbonyl (C=O) groups is 1. The quantitative estimate of drug-likeness (QED) is 0.468. The molecule has 2 aliphatic heterocycles. The number of nitrogens with zero attached hydrogens (tertiary/aromatic N) is 5. The van der Waals surface area contributed by atoms with Crippen molar-refractivity contribution in [1.29, 1.82) is 0 Å². The van der Waals surface area contributed by atoms with Crippen molar-refractivity contribution in [2.75, 3.05) is 46.4 Å². The van der Waals surface area contributed by atoms with Crippen molar-refractivity contribution in [3.63, 3.8) is 0 Å². The lowest BCUT2D eigenvalue weighted by molar-refractivity contribution is 0.0942. The molecule has 3 aromatic rings. The first-order valence-corrected chi connectivity index (χ1v) is 14.8. The lowest BCUT2D eigenvalue weighted by Gasteiger charge is -2.26. The number of aromatic nitrogens is 3. The van der Waals surface area contributed by atoms with Crippen LogP contribution in [0.2, 0.25) is 0 Å². The van der Waals surface area contributed by atoms with E-state index < -0.39 is 10.0 Å². The highest BCUT2D eigenvalue weighted by Crippen LogP contribution is 2.36. The van der Waals surface area contributed by atoms with Gasteiger partial charge in [0.1, 0.15) is 10.6 Å². The molecule has 5 rings (SSSR count). The Morgan fingerprint density at radius 2 is 1.74 bits per heavy atom. The molecule has 1 N–H and O–H groups in total. The van der Waals surface area contributed by atoms with Crippen LogP contribution in [0, 0.1) is 13.8 Å². The van der Waals surface area contributed by atoms with Gasteiger partial charge in [-0.2, -0.15) is 9.40 Å². The monoisotopic (exact) mass is 540 g/mol. The Bertz CT molecular complexity index is 1440. The molecule has 0 bridgehead atoms. The fourth-order valence-electron chi connectivity index (χ4n) is 5.44. The molecule has 2 fully saturated rings. The molecule has 11 heteroatoms. The number of rotatable bonds is 8. The SMILES string of the molecule is COc1ccc(-c2c(C(=O)NCCN3CCCCC3)nn3c(C)cc(C)nc23)cc1S(=O)(=O)N1CCCC1. The van der Waals surface area contributed by atoms with Crippen LogP contribution in [0.4, 0.5) is 0 Å². The number of ether oxygens (including phenoxy) is 1. The van der Waals surface area contributed by atoms with Gasteiger partial charge in [0.2, 0.25) is 10.0 Å². The Kier molecular flexibility index (Phi) is 7.69. The smallest absolute Gasteiger partial charge is 0.272 e. The highest BCUT2D eigenvalue weighted by molar-refractivity contribution is 7.89. The van der Waals surface area contributed by atoms with Crippen molar-refractivity contribution in [2.24, 2.45) is 0 Å². The van der Waals surface area contributed by atoms with Crippen molar-refractivity contribution >= 4 is 21.6 Å². The molecule has 4 heterocycles. The van der Waals surface area contributed by atoms with Crippen LogP contribution in [0.15, 0.2) is 29.2 Å². The predicted octanol–water partition coefficient (Wildman–Crippen LogP) is 3.02. The average molecular weight is 541 g/mol. The molecule has 2 aromatic heterocycles. The molecule has 204 valence electrons. The standard InChI is InChI=1S/C27H36N6O4S/c1-19-17-20(2)33-26(29-19)24(25(30-33)27(34)28-11-16-31-12-5-4-6-13-31)21-9-10-22(37-3)23(18-21)38(35,36)32-14-7-8-15-32/h9-10,17-18H,4-8,11-16H2,1-3H3,(H,28,34). The Balaban J connectivity index is 1.56. The number of piperidine rings is 1. The van der Waals surface area contributed by atoms with Crippen LogP contribution in [0.25, 0.3) is 16.8 Å². The number of benzene rings is 1. The van der Waals surface area contributed by atoms with Crippen molar-refractivity contribution in [2.45, 2.75) is 50.8 Å². The number of nitrogens with one attached hydrogen (secondary N) is 1. The zero-order chi connectivity index (χ0) is 26.9. The molecule has 10 nitrogen and oxygen atoms in total. The Morgan fingerprint density at radius 3 is 2.45 bits per heavy atom. The Hall–Kier alpha value is -3.02. The van der Waals surface area contributed by atoms with E-state index in [4.69, 9.17) is 9.72 Å². The van der Waals surface area contributed by atoms with E-state index in [9.17, 15) is 13.2 Å². The first-order valence-electron chi connectivity index (χ1n) is 13.4. The zero-order valence-electron chi connectivity index (χ0n) is 22.4. The van der Waals surface area contributed by atoms with Gasteiger partial charge in [0.05, 0.1) is 12.7 Å². The van der Waals surface area contributed by atoms with Gasteiger partial charge in [0, 0.05) is 37.6 Å². The average Bonchev–Trinajstić information content (AvgIpc) is 3.58. The number of aryl methyl sites for hydroxylation is 2. The molecule has 0 atom stereocenters. The highest BCUT2D eigenvalue weighted by Gasteiger charge is 2.31. The fourth-order valence-corrected chi connectivity index (χ4v) is 7.14. The Morgan fingerprint density at radius 1 is 1.03 bits per heavy atom. The molecule has 2 aliphatic rings. The topological polar surface area (TPSA) is 109 Å². The number of carbonyl (C=O) groups excluding carboxylic acids is 1. The summed E-state index contributed by atoms with van der Waals surface area (Å²) in [7, 11) is -2.31. The molecule has 0 saturated carbocycles. The fraction of sp³-hybridized carbons (Fsp3) is 0.519. The molecule has 0 aliphatic carbocycles. The minimum Gasteiger partial charge on any atom is -0.495 e.